The van der Waals surface area contributed by atoms with Crippen molar-refractivity contribution in [3.63, 3.8) is 0 Å². The highest BCUT2D eigenvalue weighted by atomic mass is 32.1. The number of hydrogen-bond acceptors (Lipinski definition) is 5. The Morgan fingerprint density at radius 3 is 2.67 bits per heavy atom. The van der Waals surface area contributed by atoms with Gasteiger partial charge in [-0.2, -0.15) is 0 Å². The van der Waals surface area contributed by atoms with Crippen LogP contribution in [0.1, 0.15) is 26.6 Å². The van der Waals surface area contributed by atoms with Gasteiger partial charge in [0.25, 0.3) is 0 Å². The molecule has 27 heavy (non-hydrogen) atoms. The molecule has 0 fully saturated rings. The highest BCUT2D eigenvalue weighted by Crippen LogP contribution is 2.16. The summed E-state index contributed by atoms with van der Waals surface area (Å²) in [4.78, 5) is 28.4. The van der Waals surface area contributed by atoms with Gasteiger partial charge < -0.3 is 10.1 Å². The molecular weight excluding hydrogens is 367 g/mol. The van der Waals surface area contributed by atoms with Crippen LogP contribution < -0.4 is 5.32 Å². The lowest BCUT2D eigenvalue weighted by Gasteiger charge is -2.06. The van der Waals surface area contributed by atoms with Crippen LogP contribution in [0.3, 0.4) is 0 Å². The molecule has 0 bridgehead atoms. The summed E-state index contributed by atoms with van der Waals surface area (Å²) in [6, 6.07) is 13.1. The number of anilines is 1. The highest BCUT2D eigenvalue weighted by Gasteiger charge is 2.14. The van der Waals surface area contributed by atoms with Crippen molar-refractivity contribution in [3.8, 4) is 0 Å². The number of nitrogens with one attached hydrogen (secondary N) is 1. The first-order valence-electron chi connectivity index (χ1n) is 8.23. The average Bonchev–Trinajstić information content (AvgIpc) is 3.09. The molecule has 0 saturated heterocycles. The number of hydrogen-bond donors (Lipinski definition) is 1. The number of carbonyl (C=O) groups is 2. The summed E-state index contributed by atoms with van der Waals surface area (Å²) in [6.07, 6.45) is 0.125. The molecule has 1 N–H and O–H groups in total. The standard InChI is InChI=1S/C20H17FN2O3S/c1-13-6-2-5-9-17(13)23-18(24)10-19-22-14(12-27-19)11-26-20(25)15-7-3-4-8-16(15)21/h2-9,12H,10-11H2,1H3,(H,23,24). The topological polar surface area (TPSA) is 68.3 Å². The summed E-state index contributed by atoms with van der Waals surface area (Å²) in [5, 5.41) is 5.17. The minimum Gasteiger partial charge on any atom is -0.455 e. The Morgan fingerprint density at radius 1 is 1.15 bits per heavy atom. The zero-order valence-electron chi connectivity index (χ0n) is 14.6. The third-order valence-electron chi connectivity index (χ3n) is 3.78. The van der Waals surface area contributed by atoms with Gasteiger partial charge in [-0.3, -0.25) is 4.79 Å². The van der Waals surface area contributed by atoms with Crippen LogP contribution in [0.25, 0.3) is 0 Å². The average molecular weight is 384 g/mol. The number of ether oxygens (including phenoxy) is 1. The summed E-state index contributed by atoms with van der Waals surface area (Å²) in [6.45, 7) is 1.84. The van der Waals surface area contributed by atoms with Gasteiger partial charge >= 0.3 is 5.97 Å². The van der Waals surface area contributed by atoms with Crippen LogP contribution in [-0.2, 0) is 22.6 Å². The van der Waals surface area contributed by atoms with Gasteiger partial charge in [0, 0.05) is 11.1 Å². The number of aryl methyl sites for hydroxylation is 1. The van der Waals surface area contributed by atoms with E-state index >= 15 is 0 Å². The van der Waals surface area contributed by atoms with E-state index in [1.54, 1.807) is 11.4 Å². The number of carbonyl (C=O) groups excluding carboxylic acids is 2. The van der Waals surface area contributed by atoms with Crippen molar-refractivity contribution in [2.24, 2.45) is 0 Å². The zero-order chi connectivity index (χ0) is 19.2. The Labute approximate surface area is 159 Å². The number of amides is 1. The van der Waals surface area contributed by atoms with Gasteiger partial charge in [0.05, 0.1) is 17.7 Å². The maximum Gasteiger partial charge on any atom is 0.341 e. The molecule has 0 aliphatic carbocycles. The van der Waals surface area contributed by atoms with Gasteiger partial charge in [-0.1, -0.05) is 30.3 Å². The van der Waals surface area contributed by atoms with Crippen molar-refractivity contribution in [3.05, 3.63) is 81.6 Å². The van der Waals surface area contributed by atoms with Gasteiger partial charge in [-0.15, -0.1) is 11.3 Å². The Kier molecular flexibility index (Phi) is 5.93. The number of thiazole rings is 1. The first-order valence-corrected chi connectivity index (χ1v) is 9.11. The molecule has 0 aliphatic rings. The molecule has 0 unspecified atom stereocenters. The Bertz CT molecular complexity index is 971. The maximum absolute atomic E-state index is 13.6. The number of aromatic nitrogens is 1. The van der Waals surface area contributed by atoms with Crippen molar-refractivity contribution in [2.75, 3.05) is 5.32 Å². The van der Waals surface area contributed by atoms with E-state index < -0.39 is 11.8 Å². The first-order chi connectivity index (χ1) is 13.0. The number of nitrogens with zero attached hydrogens (tertiary/aromatic N) is 1. The fraction of sp³-hybridized carbons (Fsp3) is 0.150. The second kappa shape index (κ2) is 8.55. The molecule has 1 heterocycles. The van der Waals surface area contributed by atoms with E-state index in [4.69, 9.17) is 4.74 Å². The van der Waals surface area contributed by atoms with Crippen LogP contribution in [0.4, 0.5) is 10.1 Å². The van der Waals surface area contributed by atoms with E-state index in [9.17, 15) is 14.0 Å². The molecule has 3 aromatic rings. The molecule has 5 nitrogen and oxygen atoms in total. The molecule has 0 saturated carbocycles. The lowest BCUT2D eigenvalue weighted by molar-refractivity contribution is -0.115. The molecule has 0 radical (unpaired) electrons. The third-order valence-corrected chi connectivity index (χ3v) is 4.67. The Morgan fingerprint density at radius 2 is 1.89 bits per heavy atom. The normalized spacial score (nSPS) is 10.4. The van der Waals surface area contributed by atoms with Crippen molar-refractivity contribution in [1.29, 1.82) is 0 Å². The van der Waals surface area contributed by atoms with Gasteiger partial charge in [0.15, 0.2) is 0 Å². The van der Waals surface area contributed by atoms with Crippen molar-refractivity contribution in [2.45, 2.75) is 20.0 Å². The molecular formula is C20H17FN2O3S. The van der Waals surface area contributed by atoms with Gasteiger partial charge in [0.2, 0.25) is 5.91 Å². The van der Waals surface area contributed by atoms with Crippen LogP contribution in [0.2, 0.25) is 0 Å². The van der Waals surface area contributed by atoms with Gasteiger partial charge in [-0.25, -0.2) is 14.2 Å². The van der Waals surface area contributed by atoms with Crippen LogP contribution >= 0.6 is 11.3 Å². The predicted molar refractivity (Wildman–Crippen MR) is 101 cm³/mol. The minimum atomic E-state index is -0.750. The molecule has 0 spiro atoms. The van der Waals surface area contributed by atoms with Crippen molar-refractivity contribution in [1.82, 2.24) is 4.98 Å². The molecule has 0 aliphatic heterocycles. The highest BCUT2D eigenvalue weighted by molar-refractivity contribution is 7.09. The van der Waals surface area contributed by atoms with Crippen molar-refractivity contribution >= 4 is 28.9 Å². The zero-order valence-corrected chi connectivity index (χ0v) is 15.4. The van der Waals surface area contributed by atoms with Crippen LogP contribution in [-0.4, -0.2) is 16.9 Å². The third kappa shape index (κ3) is 4.98. The van der Waals surface area contributed by atoms with Gasteiger partial charge in [-0.05, 0) is 30.7 Å². The van der Waals surface area contributed by atoms with Crippen LogP contribution in [0, 0.1) is 12.7 Å². The summed E-state index contributed by atoms with van der Waals surface area (Å²) >= 11 is 1.31. The van der Waals surface area contributed by atoms with Crippen LogP contribution in [0.5, 0.6) is 0 Å². The summed E-state index contributed by atoms with van der Waals surface area (Å²) in [5.74, 6) is -1.55. The Balaban J connectivity index is 1.54. The number of esters is 1. The van der Waals surface area contributed by atoms with Crippen molar-refractivity contribution < 1.29 is 18.7 Å². The molecule has 1 aromatic heterocycles. The fourth-order valence-corrected chi connectivity index (χ4v) is 3.16. The smallest absolute Gasteiger partial charge is 0.341 e. The SMILES string of the molecule is Cc1ccccc1NC(=O)Cc1nc(COC(=O)c2ccccc2F)cs1. The molecule has 2 aromatic carbocycles. The summed E-state index contributed by atoms with van der Waals surface area (Å²) in [5.41, 5.74) is 2.14. The van der Waals surface area contributed by atoms with E-state index in [-0.39, 0.29) is 24.5 Å². The van der Waals surface area contributed by atoms with Gasteiger partial charge in [0.1, 0.15) is 17.4 Å². The minimum absolute atomic E-state index is 0.0803. The van der Waals surface area contributed by atoms with E-state index in [2.05, 4.69) is 10.3 Å². The number of benzene rings is 2. The van der Waals surface area contributed by atoms with E-state index in [1.165, 1.54) is 29.5 Å². The maximum atomic E-state index is 13.6. The summed E-state index contributed by atoms with van der Waals surface area (Å²) < 4.78 is 18.7. The molecule has 0 atom stereocenters. The monoisotopic (exact) mass is 384 g/mol. The molecule has 7 heteroatoms. The second-order valence-corrected chi connectivity index (χ2v) is 6.77. The Hall–Kier alpha value is -3.06. The predicted octanol–water partition coefficient (Wildman–Crippen LogP) is 4.13. The largest absolute Gasteiger partial charge is 0.455 e. The quantitative estimate of drug-likeness (QED) is 0.649. The number of para-hydroxylation sites is 1. The summed E-state index contributed by atoms with van der Waals surface area (Å²) in [7, 11) is 0. The molecule has 1 amide bonds. The first kappa shape index (κ1) is 18.7. The van der Waals surface area contributed by atoms with E-state index in [0.717, 1.165) is 11.3 Å². The fourth-order valence-electron chi connectivity index (χ4n) is 2.39. The van der Waals surface area contributed by atoms with E-state index in [1.807, 2.05) is 31.2 Å². The molecule has 138 valence electrons. The van der Waals surface area contributed by atoms with Crippen LogP contribution in [0.15, 0.2) is 53.9 Å². The van der Waals surface area contributed by atoms with E-state index in [0.29, 0.717) is 10.7 Å². The lowest BCUT2D eigenvalue weighted by Crippen LogP contribution is -2.15. The second-order valence-electron chi connectivity index (χ2n) is 5.83. The lowest BCUT2D eigenvalue weighted by atomic mass is 10.2. The number of rotatable bonds is 6. The number of halogens is 1. The molecule has 3 rings (SSSR count).